The molecule has 126 valence electrons. The number of carbonyl (C=O) groups is 1. The Morgan fingerprint density at radius 2 is 1.79 bits per heavy atom. The molecule has 0 saturated carbocycles. The molecule has 24 heavy (non-hydrogen) atoms. The number of amides is 1. The zero-order valence-electron chi connectivity index (χ0n) is 12.3. The van der Waals surface area contributed by atoms with Gasteiger partial charge in [0, 0.05) is 16.1 Å². The monoisotopic (exact) mass is 388 g/mol. The van der Waals surface area contributed by atoms with E-state index >= 15 is 0 Å². The van der Waals surface area contributed by atoms with Gasteiger partial charge in [-0.05, 0) is 37.3 Å². The molecule has 0 aromatic heterocycles. The van der Waals surface area contributed by atoms with Gasteiger partial charge >= 0.3 is 5.69 Å². The normalized spacial score (nSPS) is 11.7. The Labute approximate surface area is 152 Å². The van der Waals surface area contributed by atoms with E-state index in [0.717, 1.165) is 6.07 Å². The van der Waals surface area contributed by atoms with Gasteiger partial charge in [-0.2, -0.15) is 0 Å². The summed E-state index contributed by atoms with van der Waals surface area (Å²) < 4.78 is 5.38. The molecule has 1 N–H and O–H groups in total. The molecule has 0 saturated heterocycles. The van der Waals surface area contributed by atoms with Crippen LogP contribution in [0, 0.1) is 10.1 Å². The number of benzene rings is 2. The maximum Gasteiger partial charge on any atom is 0.312 e. The van der Waals surface area contributed by atoms with E-state index in [1.807, 2.05) is 0 Å². The summed E-state index contributed by atoms with van der Waals surface area (Å²) in [7, 11) is 0. The van der Waals surface area contributed by atoms with Crippen LogP contribution in [0.4, 0.5) is 11.4 Å². The third-order valence-corrected chi connectivity index (χ3v) is 3.78. The first-order valence-electron chi connectivity index (χ1n) is 6.64. The number of ether oxygens (including phenoxy) is 1. The molecule has 0 spiro atoms. The second-order valence-corrected chi connectivity index (χ2v) is 6.02. The van der Waals surface area contributed by atoms with Gasteiger partial charge in [0.2, 0.25) is 0 Å². The largest absolute Gasteiger partial charge is 0.474 e. The predicted molar refractivity (Wildman–Crippen MR) is 93.3 cm³/mol. The van der Waals surface area contributed by atoms with Crippen molar-refractivity contribution in [2.75, 3.05) is 5.32 Å². The maximum absolute atomic E-state index is 12.2. The van der Waals surface area contributed by atoms with Crippen LogP contribution >= 0.6 is 34.8 Å². The number of hydrogen-bond acceptors (Lipinski definition) is 4. The van der Waals surface area contributed by atoms with Gasteiger partial charge in [-0.3, -0.25) is 14.9 Å². The smallest absolute Gasteiger partial charge is 0.312 e. The van der Waals surface area contributed by atoms with Gasteiger partial charge in [-0.15, -0.1) is 0 Å². The van der Waals surface area contributed by atoms with Gasteiger partial charge < -0.3 is 10.1 Å². The van der Waals surface area contributed by atoms with Crippen LogP contribution < -0.4 is 10.1 Å². The van der Waals surface area contributed by atoms with E-state index in [2.05, 4.69) is 5.32 Å². The highest BCUT2D eigenvalue weighted by Gasteiger charge is 2.22. The van der Waals surface area contributed by atoms with E-state index in [1.54, 1.807) is 6.07 Å². The molecule has 2 aromatic carbocycles. The molecule has 0 aliphatic rings. The average molecular weight is 390 g/mol. The minimum absolute atomic E-state index is 0.0655. The Morgan fingerprint density at radius 3 is 2.46 bits per heavy atom. The number of nitro groups is 1. The van der Waals surface area contributed by atoms with Crippen LogP contribution in [-0.2, 0) is 4.79 Å². The molecular formula is C15H11Cl3N2O4. The molecular weight excluding hydrogens is 379 g/mol. The number of anilines is 1. The van der Waals surface area contributed by atoms with Crippen LogP contribution in [0.1, 0.15) is 6.92 Å². The van der Waals surface area contributed by atoms with E-state index in [9.17, 15) is 14.9 Å². The molecule has 6 nitrogen and oxygen atoms in total. The third-order valence-electron chi connectivity index (χ3n) is 2.98. The number of halogens is 3. The van der Waals surface area contributed by atoms with Gasteiger partial charge in [-0.1, -0.05) is 34.8 Å². The van der Waals surface area contributed by atoms with Crippen molar-refractivity contribution in [3.8, 4) is 5.75 Å². The number of nitrogens with zero attached hydrogens (tertiary/aromatic N) is 1. The zero-order chi connectivity index (χ0) is 17.9. The van der Waals surface area contributed by atoms with Crippen molar-refractivity contribution < 1.29 is 14.5 Å². The van der Waals surface area contributed by atoms with Crippen molar-refractivity contribution in [1.29, 1.82) is 0 Å². The van der Waals surface area contributed by atoms with Crippen LogP contribution in [0.15, 0.2) is 36.4 Å². The summed E-state index contributed by atoms with van der Waals surface area (Å²) in [6.07, 6.45) is -1.01. The number of hydrogen-bond donors (Lipinski definition) is 1. The van der Waals surface area contributed by atoms with E-state index < -0.39 is 16.9 Å². The number of rotatable bonds is 5. The third kappa shape index (κ3) is 4.50. The van der Waals surface area contributed by atoms with Gasteiger partial charge in [-0.25, -0.2) is 0 Å². The Bertz CT molecular complexity index is 798. The first kappa shape index (κ1) is 18.3. The molecule has 0 aliphatic heterocycles. The van der Waals surface area contributed by atoms with Crippen LogP contribution in [0.2, 0.25) is 15.1 Å². The SMILES string of the molecule is C[C@@H](Oc1ccc(Cl)cc1[N+](=O)[O-])C(=O)Nc1cc(Cl)ccc1Cl. The maximum atomic E-state index is 12.2. The van der Waals surface area contributed by atoms with Crippen LogP contribution in [0.3, 0.4) is 0 Å². The number of nitro benzene ring substituents is 1. The van der Waals surface area contributed by atoms with E-state index in [4.69, 9.17) is 39.5 Å². The lowest BCUT2D eigenvalue weighted by atomic mass is 10.2. The van der Waals surface area contributed by atoms with E-state index in [0.29, 0.717) is 15.7 Å². The summed E-state index contributed by atoms with van der Waals surface area (Å²) in [5.74, 6) is -0.604. The molecule has 0 unspecified atom stereocenters. The van der Waals surface area contributed by atoms with Gasteiger partial charge in [0.05, 0.1) is 15.6 Å². The lowest BCUT2D eigenvalue weighted by Gasteiger charge is -2.15. The Balaban J connectivity index is 2.15. The Morgan fingerprint density at radius 1 is 1.17 bits per heavy atom. The molecule has 0 bridgehead atoms. The number of carbonyl (C=O) groups excluding carboxylic acids is 1. The molecule has 1 atom stereocenters. The fraction of sp³-hybridized carbons (Fsp3) is 0.133. The van der Waals surface area contributed by atoms with Gasteiger partial charge in [0.25, 0.3) is 5.91 Å². The molecule has 1 amide bonds. The van der Waals surface area contributed by atoms with Crippen molar-refractivity contribution in [1.82, 2.24) is 0 Å². The van der Waals surface area contributed by atoms with Crippen LogP contribution in [0.25, 0.3) is 0 Å². The summed E-state index contributed by atoms with van der Waals surface area (Å²) in [6, 6.07) is 8.51. The summed E-state index contributed by atoms with van der Waals surface area (Å²) in [6.45, 7) is 1.45. The molecule has 0 heterocycles. The fourth-order valence-electron chi connectivity index (χ4n) is 1.80. The van der Waals surface area contributed by atoms with Crippen molar-refractivity contribution in [3.05, 3.63) is 61.6 Å². The first-order chi connectivity index (χ1) is 11.3. The van der Waals surface area contributed by atoms with Crippen LogP contribution in [-0.4, -0.2) is 16.9 Å². The fourth-order valence-corrected chi connectivity index (χ4v) is 2.31. The summed E-state index contributed by atoms with van der Waals surface area (Å²) >= 11 is 17.6. The molecule has 9 heteroatoms. The lowest BCUT2D eigenvalue weighted by molar-refractivity contribution is -0.386. The Hall–Kier alpha value is -2.02. The molecule has 2 aromatic rings. The molecule has 2 rings (SSSR count). The highest BCUT2D eigenvalue weighted by molar-refractivity contribution is 6.35. The zero-order valence-corrected chi connectivity index (χ0v) is 14.5. The quantitative estimate of drug-likeness (QED) is 0.579. The standard InChI is InChI=1S/C15H11Cl3N2O4/c1-8(15(21)19-12-6-9(16)2-4-11(12)18)24-14-5-3-10(17)7-13(14)20(22)23/h2-8H,1H3,(H,19,21)/t8-/m1/s1. The summed E-state index contributed by atoms with van der Waals surface area (Å²) in [5.41, 5.74) is -0.0156. The molecule has 0 fully saturated rings. The molecule has 0 radical (unpaired) electrons. The second-order valence-electron chi connectivity index (χ2n) is 4.74. The molecule has 0 aliphatic carbocycles. The van der Waals surface area contributed by atoms with Crippen molar-refractivity contribution in [2.45, 2.75) is 13.0 Å². The predicted octanol–water partition coefficient (Wildman–Crippen LogP) is 4.96. The summed E-state index contributed by atoms with van der Waals surface area (Å²) in [4.78, 5) is 22.6. The summed E-state index contributed by atoms with van der Waals surface area (Å²) in [5, 5.41) is 14.5. The van der Waals surface area contributed by atoms with Gasteiger partial charge in [0.15, 0.2) is 11.9 Å². The average Bonchev–Trinajstić information content (AvgIpc) is 2.52. The highest BCUT2D eigenvalue weighted by atomic mass is 35.5. The van der Waals surface area contributed by atoms with E-state index in [-0.39, 0.29) is 16.5 Å². The van der Waals surface area contributed by atoms with Crippen LogP contribution in [0.5, 0.6) is 5.75 Å². The first-order valence-corrected chi connectivity index (χ1v) is 7.78. The van der Waals surface area contributed by atoms with E-state index in [1.165, 1.54) is 31.2 Å². The second kappa shape index (κ2) is 7.70. The van der Waals surface area contributed by atoms with Crippen molar-refractivity contribution in [3.63, 3.8) is 0 Å². The minimum Gasteiger partial charge on any atom is -0.474 e. The van der Waals surface area contributed by atoms with Gasteiger partial charge in [0.1, 0.15) is 0 Å². The topological polar surface area (TPSA) is 81.5 Å². The Kier molecular flexibility index (Phi) is 5.88. The minimum atomic E-state index is -1.01. The number of nitrogens with one attached hydrogen (secondary N) is 1. The lowest BCUT2D eigenvalue weighted by Crippen LogP contribution is -2.30. The highest BCUT2D eigenvalue weighted by Crippen LogP contribution is 2.31. The van der Waals surface area contributed by atoms with Crippen molar-refractivity contribution in [2.24, 2.45) is 0 Å². The van der Waals surface area contributed by atoms with Crippen molar-refractivity contribution >= 4 is 52.1 Å².